The predicted molar refractivity (Wildman–Crippen MR) is 165 cm³/mol. The Labute approximate surface area is 253 Å². The summed E-state index contributed by atoms with van der Waals surface area (Å²) in [4.78, 5) is 33.3. The number of aliphatic hydroxyl groups is 1. The second-order valence-electron chi connectivity index (χ2n) is 9.58. The fraction of sp³-hybridized carbons (Fsp3) is 0.281. The first kappa shape index (κ1) is 29.4. The molecule has 10 heteroatoms. The highest BCUT2D eigenvalue weighted by molar-refractivity contribution is 7.22. The Balaban J connectivity index is 1.67. The van der Waals surface area contributed by atoms with Crippen molar-refractivity contribution < 1.29 is 28.9 Å². The van der Waals surface area contributed by atoms with E-state index in [1.54, 1.807) is 60.7 Å². The summed E-state index contributed by atoms with van der Waals surface area (Å²) in [5, 5.41) is 12.4. The lowest BCUT2D eigenvalue weighted by atomic mass is 9.95. The molecule has 1 aliphatic rings. The number of anilines is 1. The van der Waals surface area contributed by atoms with Crippen molar-refractivity contribution in [1.82, 2.24) is 4.98 Å². The molecule has 2 heterocycles. The summed E-state index contributed by atoms with van der Waals surface area (Å²) in [7, 11) is 0. The highest BCUT2D eigenvalue weighted by Gasteiger charge is 2.48. The number of aliphatic hydroxyl groups excluding tert-OH is 1. The number of ketones is 1. The molecule has 218 valence electrons. The maximum Gasteiger partial charge on any atom is 0.301 e. The van der Waals surface area contributed by atoms with Gasteiger partial charge in [0.2, 0.25) is 0 Å². The molecular weight excluding hydrogens is 576 g/mol. The summed E-state index contributed by atoms with van der Waals surface area (Å²) >= 11 is 7.45. The summed E-state index contributed by atoms with van der Waals surface area (Å²) in [6.07, 6.45) is 1.87. The number of unbranched alkanes of at least 4 members (excludes halogenated alkanes) is 1. The van der Waals surface area contributed by atoms with Crippen LogP contribution in [0.15, 0.2) is 66.2 Å². The number of Topliss-reactive ketones (excluding diaryl/α,β-unsaturated/α-hetero) is 1. The number of fused-ring (bicyclic) bond motifs is 1. The van der Waals surface area contributed by atoms with Gasteiger partial charge in [0, 0.05) is 10.6 Å². The van der Waals surface area contributed by atoms with Crippen LogP contribution in [0.5, 0.6) is 17.2 Å². The Morgan fingerprint density at radius 3 is 2.43 bits per heavy atom. The average molecular weight is 607 g/mol. The van der Waals surface area contributed by atoms with E-state index in [1.165, 1.54) is 16.2 Å². The molecule has 1 aliphatic heterocycles. The first-order valence-corrected chi connectivity index (χ1v) is 15.1. The number of hydrogen-bond acceptors (Lipinski definition) is 8. The minimum atomic E-state index is -0.975. The van der Waals surface area contributed by atoms with Gasteiger partial charge in [0.1, 0.15) is 11.5 Å². The molecule has 1 atom stereocenters. The number of hydrogen-bond donors (Lipinski definition) is 1. The van der Waals surface area contributed by atoms with E-state index in [0.717, 1.165) is 17.5 Å². The van der Waals surface area contributed by atoms with E-state index in [0.29, 0.717) is 63.9 Å². The van der Waals surface area contributed by atoms with Crippen LogP contribution in [0.1, 0.15) is 50.8 Å². The van der Waals surface area contributed by atoms with Gasteiger partial charge in [0.25, 0.3) is 5.78 Å². The molecular formula is C32H31ClN2O6S. The molecule has 0 radical (unpaired) electrons. The fourth-order valence-electron chi connectivity index (χ4n) is 4.77. The minimum Gasteiger partial charge on any atom is -0.507 e. The number of rotatable bonds is 11. The molecule has 4 aromatic rings. The number of amides is 1. The maximum absolute atomic E-state index is 13.7. The van der Waals surface area contributed by atoms with Gasteiger partial charge in [-0.05, 0) is 80.4 Å². The highest BCUT2D eigenvalue weighted by atomic mass is 35.5. The van der Waals surface area contributed by atoms with E-state index in [2.05, 4.69) is 11.9 Å². The zero-order chi connectivity index (χ0) is 29.8. The molecule has 1 fully saturated rings. The van der Waals surface area contributed by atoms with Crippen molar-refractivity contribution in [3.8, 4) is 17.2 Å². The Hall–Kier alpha value is -4.08. The minimum absolute atomic E-state index is 0.0523. The molecule has 0 saturated carbocycles. The number of benzene rings is 3. The standard InChI is InChI=1S/C32H31ClN2O6S/c1-4-7-16-41-24-15-10-20(17-25(24)40-6-3)28-27(29(36)19-8-12-22(13-9-19)39-5-2)30(37)31(38)35(28)32-34-23-14-11-21(33)18-26(23)42-32/h8-15,17-18,28,36H,4-7,16H2,1-3H3/b29-27+. The number of carbonyl (C=O) groups is 2. The van der Waals surface area contributed by atoms with Crippen LogP contribution in [-0.4, -0.2) is 41.6 Å². The first-order chi connectivity index (χ1) is 20.4. The van der Waals surface area contributed by atoms with Gasteiger partial charge >= 0.3 is 5.91 Å². The van der Waals surface area contributed by atoms with E-state index in [4.69, 9.17) is 25.8 Å². The van der Waals surface area contributed by atoms with Gasteiger partial charge in [-0.3, -0.25) is 14.5 Å². The van der Waals surface area contributed by atoms with Gasteiger partial charge in [-0.25, -0.2) is 4.98 Å². The molecule has 42 heavy (non-hydrogen) atoms. The lowest BCUT2D eigenvalue weighted by molar-refractivity contribution is -0.132. The molecule has 8 nitrogen and oxygen atoms in total. The molecule has 1 amide bonds. The topological polar surface area (TPSA) is 98.2 Å². The summed E-state index contributed by atoms with van der Waals surface area (Å²) in [5.41, 5.74) is 1.53. The lowest BCUT2D eigenvalue weighted by Crippen LogP contribution is -2.29. The Kier molecular flexibility index (Phi) is 8.99. The van der Waals surface area contributed by atoms with Crippen LogP contribution in [0.25, 0.3) is 16.0 Å². The van der Waals surface area contributed by atoms with Crippen molar-refractivity contribution in [2.45, 2.75) is 39.7 Å². The predicted octanol–water partition coefficient (Wildman–Crippen LogP) is 7.55. The second-order valence-corrected chi connectivity index (χ2v) is 11.0. The smallest absolute Gasteiger partial charge is 0.301 e. The SMILES string of the molecule is CCCCOc1ccc(C2/C(=C(\O)c3ccc(OCC)cc3)C(=O)C(=O)N2c2nc3ccc(Cl)cc3s2)cc1OCC. The molecule has 3 aromatic carbocycles. The average Bonchev–Trinajstić information content (AvgIpc) is 3.51. The Bertz CT molecular complexity index is 1650. The van der Waals surface area contributed by atoms with Crippen LogP contribution in [0, 0.1) is 0 Å². The van der Waals surface area contributed by atoms with E-state index in [9.17, 15) is 14.7 Å². The van der Waals surface area contributed by atoms with Gasteiger partial charge in [0.05, 0.1) is 41.7 Å². The number of halogens is 1. The number of carbonyl (C=O) groups excluding carboxylic acids is 2. The van der Waals surface area contributed by atoms with E-state index in [-0.39, 0.29) is 11.3 Å². The van der Waals surface area contributed by atoms with Gasteiger partial charge in [0.15, 0.2) is 16.6 Å². The number of nitrogens with zero attached hydrogens (tertiary/aromatic N) is 2. The van der Waals surface area contributed by atoms with Crippen LogP contribution >= 0.6 is 22.9 Å². The highest BCUT2D eigenvalue weighted by Crippen LogP contribution is 2.46. The second kappa shape index (κ2) is 12.8. The van der Waals surface area contributed by atoms with Gasteiger partial charge in [-0.15, -0.1) is 0 Å². The quantitative estimate of drug-likeness (QED) is 0.0814. The summed E-state index contributed by atoms with van der Waals surface area (Å²) < 4.78 is 18.1. The zero-order valence-corrected chi connectivity index (χ0v) is 25.1. The van der Waals surface area contributed by atoms with E-state index < -0.39 is 17.7 Å². The summed E-state index contributed by atoms with van der Waals surface area (Å²) in [5.74, 6) is -0.238. The van der Waals surface area contributed by atoms with Gasteiger partial charge in [-0.2, -0.15) is 0 Å². The summed E-state index contributed by atoms with van der Waals surface area (Å²) in [6.45, 7) is 7.23. The largest absolute Gasteiger partial charge is 0.507 e. The van der Waals surface area contributed by atoms with Crippen LogP contribution < -0.4 is 19.1 Å². The van der Waals surface area contributed by atoms with Crippen molar-refractivity contribution in [2.75, 3.05) is 24.7 Å². The van der Waals surface area contributed by atoms with Crippen LogP contribution in [0.3, 0.4) is 0 Å². The normalized spacial score (nSPS) is 16.3. The molecule has 0 aliphatic carbocycles. The monoisotopic (exact) mass is 606 g/mol. The van der Waals surface area contributed by atoms with E-state index >= 15 is 0 Å². The van der Waals surface area contributed by atoms with Crippen LogP contribution in [0.4, 0.5) is 5.13 Å². The number of ether oxygens (including phenoxy) is 3. The Morgan fingerprint density at radius 2 is 1.71 bits per heavy atom. The van der Waals surface area contributed by atoms with Crippen molar-refractivity contribution in [3.63, 3.8) is 0 Å². The van der Waals surface area contributed by atoms with Crippen molar-refractivity contribution in [3.05, 3.63) is 82.4 Å². The fourth-order valence-corrected chi connectivity index (χ4v) is 6.04. The van der Waals surface area contributed by atoms with Crippen LogP contribution in [0.2, 0.25) is 5.02 Å². The molecule has 1 unspecified atom stereocenters. The van der Waals surface area contributed by atoms with Crippen molar-refractivity contribution in [2.24, 2.45) is 0 Å². The Morgan fingerprint density at radius 1 is 0.952 bits per heavy atom. The van der Waals surface area contributed by atoms with E-state index in [1.807, 2.05) is 13.8 Å². The van der Waals surface area contributed by atoms with Crippen molar-refractivity contribution in [1.29, 1.82) is 0 Å². The van der Waals surface area contributed by atoms with Gasteiger partial charge < -0.3 is 19.3 Å². The molecule has 0 spiro atoms. The lowest BCUT2D eigenvalue weighted by Gasteiger charge is -2.24. The van der Waals surface area contributed by atoms with Crippen LogP contribution in [-0.2, 0) is 9.59 Å². The maximum atomic E-state index is 13.7. The molecule has 1 N–H and O–H groups in total. The first-order valence-electron chi connectivity index (χ1n) is 13.9. The molecule has 0 bridgehead atoms. The molecule has 5 rings (SSSR count). The molecule has 1 aromatic heterocycles. The third-order valence-corrected chi connectivity index (χ3v) is 8.02. The van der Waals surface area contributed by atoms with Crippen molar-refractivity contribution >= 4 is 55.7 Å². The zero-order valence-electron chi connectivity index (χ0n) is 23.6. The third kappa shape index (κ3) is 5.80. The van der Waals surface area contributed by atoms with Gasteiger partial charge in [-0.1, -0.05) is 42.3 Å². The number of thiazole rings is 1. The summed E-state index contributed by atoms with van der Waals surface area (Å²) in [6, 6.07) is 16.3. The third-order valence-electron chi connectivity index (χ3n) is 6.77. The number of aromatic nitrogens is 1. The molecule has 1 saturated heterocycles.